The zero-order valence-electron chi connectivity index (χ0n) is 12.9. The Kier molecular flexibility index (Phi) is 6.54. The van der Waals surface area contributed by atoms with Gasteiger partial charge in [-0.2, -0.15) is 0 Å². The van der Waals surface area contributed by atoms with E-state index in [4.69, 9.17) is 9.47 Å². The van der Waals surface area contributed by atoms with Gasteiger partial charge in [-0.25, -0.2) is 4.98 Å². The lowest BCUT2D eigenvalue weighted by atomic mass is 10.1. The van der Waals surface area contributed by atoms with Crippen LogP contribution < -0.4 is 10.9 Å². The number of rotatable bonds is 7. The van der Waals surface area contributed by atoms with Gasteiger partial charge in [-0.15, -0.1) is 0 Å². The third-order valence-electron chi connectivity index (χ3n) is 3.41. The number of carbonyl (C=O) groups excluding carboxylic acids is 1. The molecule has 2 heterocycles. The van der Waals surface area contributed by atoms with Gasteiger partial charge < -0.3 is 19.8 Å². The minimum Gasteiger partial charge on any atom is -0.376 e. The highest BCUT2D eigenvalue weighted by Crippen LogP contribution is 2.12. The molecule has 1 saturated heterocycles. The van der Waals surface area contributed by atoms with Gasteiger partial charge in [0.1, 0.15) is 12.4 Å². The zero-order valence-corrected chi connectivity index (χ0v) is 12.9. The Bertz CT molecular complexity index is 538. The quantitative estimate of drug-likeness (QED) is 0.757. The molecule has 7 heteroatoms. The van der Waals surface area contributed by atoms with Crippen molar-refractivity contribution in [1.29, 1.82) is 0 Å². The molecule has 7 nitrogen and oxygen atoms in total. The Balaban J connectivity index is 1.60. The number of aromatic nitrogens is 2. The lowest BCUT2D eigenvalue weighted by molar-refractivity contribution is -0.127. The molecule has 1 aliphatic rings. The van der Waals surface area contributed by atoms with Crippen LogP contribution in [0, 0.1) is 6.92 Å². The number of ether oxygens (including phenoxy) is 2. The summed E-state index contributed by atoms with van der Waals surface area (Å²) >= 11 is 0. The number of amides is 1. The molecular weight excluding hydrogens is 286 g/mol. The van der Waals surface area contributed by atoms with Crippen LogP contribution in [0.1, 0.15) is 30.8 Å². The molecule has 1 aromatic heterocycles. The van der Waals surface area contributed by atoms with Crippen LogP contribution in [0.2, 0.25) is 0 Å². The van der Waals surface area contributed by atoms with E-state index in [1.807, 2.05) is 0 Å². The number of hydrogen-bond acceptors (Lipinski definition) is 5. The van der Waals surface area contributed by atoms with Crippen molar-refractivity contribution < 1.29 is 14.3 Å². The molecule has 1 aliphatic heterocycles. The Morgan fingerprint density at radius 3 is 3.14 bits per heavy atom. The lowest BCUT2D eigenvalue weighted by Gasteiger charge is -2.22. The Morgan fingerprint density at radius 1 is 1.55 bits per heavy atom. The molecule has 2 N–H and O–H groups in total. The first-order valence-corrected chi connectivity index (χ1v) is 7.66. The minimum absolute atomic E-state index is 0.0254. The molecular formula is C15H23N3O4. The van der Waals surface area contributed by atoms with Crippen LogP contribution >= 0.6 is 0 Å². The van der Waals surface area contributed by atoms with Crippen LogP contribution in [-0.2, 0) is 20.7 Å². The van der Waals surface area contributed by atoms with E-state index in [9.17, 15) is 9.59 Å². The van der Waals surface area contributed by atoms with E-state index >= 15 is 0 Å². The molecule has 2 rings (SSSR count). The van der Waals surface area contributed by atoms with Crippen molar-refractivity contribution in [2.45, 2.75) is 38.7 Å². The van der Waals surface area contributed by atoms with E-state index in [-0.39, 0.29) is 24.2 Å². The zero-order chi connectivity index (χ0) is 15.8. The van der Waals surface area contributed by atoms with E-state index in [0.29, 0.717) is 31.1 Å². The summed E-state index contributed by atoms with van der Waals surface area (Å²) in [5.74, 6) is 0.396. The maximum absolute atomic E-state index is 11.6. The summed E-state index contributed by atoms with van der Waals surface area (Å²) in [6.07, 6.45) is 3.85. The Labute approximate surface area is 129 Å². The Hall–Kier alpha value is -1.73. The maximum atomic E-state index is 11.6. The van der Waals surface area contributed by atoms with E-state index in [1.165, 1.54) is 6.07 Å². The number of carbonyl (C=O) groups is 1. The van der Waals surface area contributed by atoms with Gasteiger partial charge in [-0.3, -0.25) is 9.59 Å². The number of aryl methyl sites for hydroxylation is 1. The summed E-state index contributed by atoms with van der Waals surface area (Å²) in [6.45, 7) is 3.44. The monoisotopic (exact) mass is 309 g/mol. The second kappa shape index (κ2) is 8.65. The van der Waals surface area contributed by atoms with Crippen molar-refractivity contribution in [2.75, 3.05) is 26.4 Å². The first-order chi connectivity index (χ1) is 10.6. The van der Waals surface area contributed by atoms with Gasteiger partial charge in [0.05, 0.1) is 12.7 Å². The number of aromatic amines is 1. The summed E-state index contributed by atoms with van der Waals surface area (Å²) in [6, 6.07) is 1.43. The molecule has 0 spiro atoms. The van der Waals surface area contributed by atoms with Gasteiger partial charge in [0.2, 0.25) is 5.91 Å². The van der Waals surface area contributed by atoms with Gasteiger partial charge in [-0.1, -0.05) is 0 Å². The molecule has 0 aliphatic carbocycles. The Morgan fingerprint density at radius 2 is 2.41 bits per heavy atom. The molecule has 1 amide bonds. The van der Waals surface area contributed by atoms with E-state index in [0.717, 1.165) is 25.9 Å². The van der Waals surface area contributed by atoms with Crippen molar-refractivity contribution in [2.24, 2.45) is 0 Å². The van der Waals surface area contributed by atoms with Crippen molar-refractivity contribution in [1.82, 2.24) is 15.3 Å². The maximum Gasteiger partial charge on any atom is 0.251 e. The number of hydrogen-bond donors (Lipinski definition) is 2. The highest BCUT2D eigenvalue weighted by Gasteiger charge is 2.14. The molecule has 122 valence electrons. The van der Waals surface area contributed by atoms with Crippen molar-refractivity contribution in [3.8, 4) is 0 Å². The molecule has 1 aromatic rings. The highest BCUT2D eigenvalue weighted by molar-refractivity contribution is 5.77. The first kappa shape index (κ1) is 16.6. The van der Waals surface area contributed by atoms with E-state index in [2.05, 4.69) is 15.3 Å². The average Bonchev–Trinajstić information content (AvgIpc) is 2.47. The predicted molar refractivity (Wildman–Crippen MR) is 80.7 cm³/mol. The third kappa shape index (κ3) is 5.95. The molecule has 0 saturated carbocycles. The lowest BCUT2D eigenvalue weighted by Crippen LogP contribution is -2.32. The van der Waals surface area contributed by atoms with Gasteiger partial charge in [0.15, 0.2) is 0 Å². The van der Waals surface area contributed by atoms with E-state index < -0.39 is 0 Å². The summed E-state index contributed by atoms with van der Waals surface area (Å²) in [5, 5.41) is 2.74. The summed E-state index contributed by atoms with van der Waals surface area (Å²) in [5.41, 5.74) is 0.491. The molecule has 1 unspecified atom stereocenters. The summed E-state index contributed by atoms with van der Waals surface area (Å²) in [7, 11) is 0. The smallest absolute Gasteiger partial charge is 0.251 e. The molecule has 0 bridgehead atoms. The van der Waals surface area contributed by atoms with Crippen molar-refractivity contribution in [3.63, 3.8) is 0 Å². The second-order valence-corrected chi connectivity index (χ2v) is 5.44. The van der Waals surface area contributed by atoms with Gasteiger partial charge in [0, 0.05) is 31.3 Å². The minimum atomic E-state index is -0.176. The van der Waals surface area contributed by atoms with Gasteiger partial charge in [0.25, 0.3) is 5.56 Å². The number of nitrogens with one attached hydrogen (secondary N) is 2. The molecule has 1 atom stereocenters. The van der Waals surface area contributed by atoms with E-state index in [1.54, 1.807) is 6.92 Å². The topological polar surface area (TPSA) is 93.3 Å². The standard InChI is InChI=1S/C15H23N3O4/c1-11-8-14(19)18-13(17-11)5-6-16-15(20)10-21-9-12-4-2-3-7-22-12/h8,12H,2-7,9-10H2,1H3,(H,16,20)(H,17,18,19). The molecule has 0 radical (unpaired) electrons. The first-order valence-electron chi connectivity index (χ1n) is 7.66. The van der Waals surface area contributed by atoms with Crippen molar-refractivity contribution in [3.05, 3.63) is 27.9 Å². The highest BCUT2D eigenvalue weighted by atomic mass is 16.5. The normalized spacial score (nSPS) is 18.1. The van der Waals surface area contributed by atoms with Crippen LogP contribution in [0.15, 0.2) is 10.9 Å². The fourth-order valence-electron chi connectivity index (χ4n) is 2.35. The fourth-order valence-corrected chi connectivity index (χ4v) is 2.35. The van der Waals surface area contributed by atoms with Crippen LogP contribution in [-0.4, -0.2) is 48.3 Å². The SMILES string of the molecule is Cc1cc(=O)[nH]c(CCNC(=O)COCC2CCCCO2)n1. The average molecular weight is 309 g/mol. The number of H-pyrrole nitrogens is 1. The van der Waals surface area contributed by atoms with Gasteiger partial charge >= 0.3 is 0 Å². The van der Waals surface area contributed by atoms with Crippen LogP contribution in [0.3, 0.4) is 0 Å². The molecule has 22 heavy (non-hydrogen) atoms. The predicted octanol–water partition coefficient (Wildman–Crippen LogP) is 0.323. The largest absolute Gasteiger partial charge is 0.376 e. The van der Waals surface area contributed by atoms with Crippen molar-refractivity contribution >= 4 is 5.91 Å². The molecule has 0 aromatic carbocycles. The van der Waals surface area contributed by atoms with Crippen LogP contribution in [0.25, 0.3) is 0 Å². The summed E-state index contributed by atoms with van der Waals surface area (Å²) < 4.78 is 10.9. The second-order valence-electron chi connectivity index (χ2n) is 5.44. The van der Waals surface area contributed by atoms with Crippen LogP contribution in [0.5, 0.6) is 0 Å². The van der Waals surface area contributed by atoms with Crippen LogP contribution in [0.4, 0.5) is 0 Å². The summed E-state index contributed by atoms with van der Waals surface area (Å²) in [4.78, 5) is 29.8. The fraction of sp³-hybridized carbons (Fsp3) is 0.667. The van der Waals surface area contributed by atoms with Gasteiger partial charge in [-0.05, 0) is 26.2 Å². The molecule has 1 fully saturated rings. The third-order valence-corrected chi connectivity index (χ3v) is 3.41. The number of nitrogens with zero attached hydrogens (tertiary/aromatic N) is 1.